The van der Waals surface area contributed by atoms with Crippen LogP contribution in [0.2, 0.25) is 0 Å². The molecule has 6 nitrogen and oxygen atoms in total. The first-order valence-corrected chi connectivity index (χ1v) is 10.9. The number of aryl methyl sites for hydroxylation is 1. The Labute approximate surface area is 183 Å². The number of rotatable bonds is 8. The van der Waals surface area contributed by atoms with Gasteiger partial charge in [-0.1, -0.05) is 36.4 Å². The number of hydrogen-bond donors (Lipinski definition) is 1. The van der Waals surface area contributed by atoms with E-state index in [9.17, 15) is 4.79 Å². The van der Waals surface area contributed by atoms with E-state index in [1.54, 1.807) is 24.1 Å². The second kappa shape index (κ2) is 9.79. The number of benzene rings is 2. The zero-order chi connectivity index (χ0) is 21.6. The van der Waals surface area contributed by atoms with Crippen LogP contribution in [-0.2, 0) is 6.42 Å². The second-order valence-electron chi connectivity index (χ2n) is 8.22. The van der Waals surface area contributed by atoms with E-state index in [0.29, 0.717) is 18.2 Å². The molecule has 0 saturated carbocycles. The SMILES string of the molecule is COc1ccc(C)cc1-n1ccc(C(=O)NCC2CCN(CCc3ccccc3)C2)n1. The first kappa shape index (κ1) is 21.1. The van der Waals surface area contributed by atoms with E-state index < -0.39 is 0 Å². The van der Waals surface area contributed by atoms with E-state index in [0.717, 1.165) is 49.5 Å². The number of nitrogens with one attached hydrogen (secondary N) is 1. The lowest BCUT2D eigenvalue weighted by molar-refractivity contribution is 0.0942. The molecule has 6 heteroatoms. The number of methoxy groups -OCH3 is 1. The number of aromatic nitrogens is 2. The van der Waals surface area contributed by atoms with Crippen molar-refractivity contribution in [3.05, 3.63) is 77.6 Å². The highest BCUT2D eigenvalue weighted by molar-refractivity contribution is 5.92. The molecule has 162 valence electrons. The molecule has 1 atom stereocenters. The molecule has 0 spiro atoms. The van der Waals surface area contributed by atoms with Gasteiger partial charge in [-0.25, -0.2) is 4.68 Å². The maximum atomic E-state index is 12.6. The van der Waals surface area contributed by atoms with Gasteiger partial charge in [0.15, 0.2) is 5.69 Å². The number of nitrogens with zero attached hydrogens (tertiary/aromatic N) is 3. The summed E-state index contributed by atoms with van der Waals surface area (Å²) in [4.78, 5) is 15.1. The van der Waals surface area contributed by atoms with Gasteiger partial charge in [0, 0.05) is 25.8 Å². The molecule has 0 aliphatic carbocycles. The van der Waals surface area contributed by atoms with Gasteiger partial charge in [-0.05, 0) is 61.6 Å². The Morgan fingerprint density at radius 2 is 2.03 bits per heavy atom. The third-order valence-electron chi connectivity index (χ3n) is 5.88. The standard InChI is InChI=1S/C25H30N4O2/c1-19-8-9-24(31-2)23(16-19)29-15-12-22(27-29)25(30)26-17-21-11-14-28(18-21)13-10-20-6-4-3-5-7-20/h3-9,12,15-16,21H,10-11,13-14,17-18H2,1-2H3,(H,26,30). The van der Waals surface area contributed by atoms with Crippen molar-refractivity contribution >= 4 is 5.91 Å². The topological polar surface area (TPSA) is 59.4 Å². The molecule has 1 aromatic heterocycles. The monoisotopic (exact) mass is 418 g/mol. The second-order valence-corrected chi connectivity index (χ2v) is 8.22. The maximum Gasteiger partial charge on any atom is 0.271 e. The molecule has 1 N–H and O–H groups in total. The van der Waals surface area contributed by atoms with Crippen molar-refractivity contribution in [1.82, 2.24) is 20.0 Å². The van der Waals surface area contributed by atoms with Crippen LogP contribution in [0, 0.1) is 12.8 Å². The molecule has 3 aromatic rings. The molecular weight excluding hydrogens is 388 g/mol. The van der Waals surface area contributed by atoms with Crippen LogP contribution in [0.4, 0.5) is 0 Å². The molecular formula is C25H30N4O2. The fourth-order valence-corrected chi connectivity index (χ4v) is 4.10. The Bertz CT molecular complexity index is 1020. The largest absolute Gasteiger partial charge is 0.494 e. The molecule has 31 heavy (non-hydrogen) atoms. The number of amides is 1. The number of likely N-dealkylation sites (tertiary alicyclic amines) is 1. The van der Waals surface area contributed by atoms with Gasteiger partial charge in [0.2, 0.25) is 0 Å². The normalized spacial score (nSPS) is 16.4. The maximum absolute atomic E-state index is 12.6. The van der Waals surface area contributed by atoms with Gasteiger partial charge in [-0.3, -0.25) is 4.79 Å². The minimum absolute atomic E-state index is 0.131. The van der Waals surface area contributed by atoms with Crippen molar-refractivity contribution in [3.63, 3.8) is 0 Å². The highest BCUT2D eigenvalue weighted by Crippen LogP contribution is 2.23. The van der Waals surface area contributed by atoms with Crippen molar-refractivity contribution in [2.75, 3.05) is 33.3 Å². The predicted octanol–water partition coefficient (Wildman–Crippen LogP) is 3.48. The summed E-state index contributed by atoms with van der Waals surface area (Å²) in [5.74, 6) is 1.08. The van der Waals surface area contributed by atoms with E-state index in [4.69, 9.17) is 4.74 Å². The first-order valence-electron chi connectivity index (χ1n) is 10.9. The van der Waals surface area contributed by atoms with E-state index in [2.05, 4.69) is 45.6 Å². The Morgan fingerprint density at radius 3 is 2.84 bits per heavy atom. The summed E-state index contributed by atoms with van der Waals surface area (Å²) in [5.41, 5.74) is 3.73. The average Bonchev–Trinajstić information content (AvgIpc) is 3.47. The van der Waals surface area contributed by atoms with Gasteiger partial charge < -0.3 is 15.0 Å². The minimum Gasteiger partial charge on any atom is -0.494 e. The highest BCUT2D eigenvalue weighted by atomic mass is 16.5. The molecule has 1 aliphatic rings. The van der Waals surface area contributed by atoms with Crippen molar-refractivity contribution in [3.8, 4) is 11.4 Å². The van der Waals surface area contributed by atoms with Gasteiger partial charge in [0.25, 0.3) is 5.91 Å². The Morgan fingerprint density at radius 1 is 1.19 bits per heavy atom. The zero-order valence-electron chi connectivity index (χ0n) is 18.3. The minimum atomic E-state index is -0.131. The number of carbonyl (C=O) groups excluding carboxylic acids is 1. The van der Waals surface area contributed by atoms with E-state index in [1.165, 1.54) is 5.56 Å². The number of carbonyl (C=O) groups is 1. The Hall–Kier alpha value is -3.12. The van der Waals surface area contributed by atoms with Gasteiger partial charge >= 0.3 is 0 Å². The summed E-state index contributed by atoms with van der Waals surface area (Å²) in [6.07, 6.45) is 3.98. The lowest BCUT2D eigenvalue weighted by Crippen LogP contribution is -2.31. The van der Waals surface area contributed by atoms with E-state index in [-0.39, 0.29) is 5.91 Å². The van der Waals surface area contributed by atoms with Crippen LogP contribution in [0.25, 0.3) is 5.69 Å². The number of ether oxygens (including phenoxy) is 1. The van der Waals surface area contributed by atoms with Crippen LogP contribution in [-0.4, -0.2) is 53.9 Å². The van der Waals surface area contributed by atoms with Gasteiger partial charge in [-0.15, -0.1) is 0 Å². The van der Waals surface area contributed by atoms with Crippen LogP contribution in [0.1, 0.15) is 28.0 Å². The summed E-state index contributed by atoms with van der Waals surface area (Å²) < 4.78 is 7.13. The van der Waals surface area contributed by atoms with E-state index in [1.807, 2.05) is 25.1 Å². The van der Waals surface area contributed by atoms with Gasteiger partial charge in [-0.2, -0.15) is 5.10 Å². The molecule has 2 aromatic carbocycles. The van der Waals surface area contributed by atoms with Crippen molar-refractivity contribution in [1.29, 1.82) is 0 Å². The summed E-state index contributed by atoms with van der Waals surface area (Å²) >= 11 is 0. The summed E-state index contributed by atoms with van der Waals surface area (Å²) in [6, 6.07) is 18.2. The van der Waals surface area contributed by atoms with Crippen LogP contribution < -0.4 is 10.1 Å². The van der Waals surface area contributed by atoms with Gasteiger partial charge in [0.05, 0.1) is 7.11 Å². The number of hydrogen-bond acceptors (Lipinski definition) is 4. The lowest BCUT2D eigenvalue weighted by Gasteiger charge is -2.16. The van der Waals surface area contributed by atoms with Crippen LogP contribution in [0.5, 0.6) is 5.75 Å². The van der Waals surface area contributed by atoms with Crippen LogP contribution >= 0.6 is 0 Å². The van der Waals surface area contributed by atoms with Crippen molar-refractivity contribution in [2.24, 2.45) is 5.92 Å². The third-order valence-corrected chi connectivity index (χ3v) is 5.88. The third kappa shape index (κ3) is 5.33. The smallest absolute Gasteiger partial charge is 0.271 e. The fourth-order valence-electron chi connectivity index (χ4n) is 4.10. The van der Waals surface area contributed by atoms with Crippen LogP contribution in [0.15, 0.2) is 60.8 Å². The molecule has 2 heterocycles. The predicted molar refractivity (Wildman–Crippen MR) is 122 cm³/mol. The lowest BCUT2D eigenvalue weighted by atomic mass is 10.1. The molecule has 1 unspecified atom stereocenters. The summed E-state index contributed by atoms with van der Waals surface area (Å²) in [5, 5.41) is 7.53. The van der Waals surface area contributed by atoms with E-state index >= 15 is 0 Å². The molecule has 1 saturated heterocycles. The molecule has 0 bridgehead atoms. The Kier molecular flexibility index (Phi) is 6.67. The molecule has 0 radical (unpaired) electrons. The summed E-state index contributed by atoms with van der Waals surface area (Å²) in [6.45, 7) is 5.89. The first-order chi connectivity index (χ1) is 15.1. The molecule has 1 amide bonds. The quantitative estimate of drug-likeness (QED) is 0.608. The molecule has 1 fully saturated rings. The van der Waals surface area contributed by atoms with Crippen LogP contribution in [0.3, 0.4) is 0 Å². The highest BCUT2D eigenvalue weighted by Gasteiger charge is 2.23. The van der Waals surface area contributed by atoms with Crippen molar-refractivity contribution < 1.29 is 9.53 Å². The molecule has 4 rings (SSSR count). The zero-order valence-corrected chi connectivity index (χ0v) is 18.3. The summed E-state index contributed by atoms with van der Waals surface area (Å²) in [7, 11) is 1.63. The molecule has 1 aliphatic heterocycles. The van der Waals surface area contributed by atoms with Gasteiger partial charge in [0.1, 0.15) is 11.4 Å². The van der Waals surface area contributed by atoms with Crippen molar-refractivity contribution in [2.45, 2.75) is 19.8 Å². The Balaban J connectivity index is 1.28. The average molecular weight is 419 g/mol. The fraction of sp³-hybridized carbons (Fsp3) is 0.360.